The van der Waals surface area contributed by atoms with E-state index < -0.39 is 6.43 Å². The van der Waals surface area contributed by atoms with Crippen molar-refractivity contribution < 1.29 is 8.78 Å². The second-order valence-electron chi connectivity index (χ2n) is 4.84. The molecular formula is C13H21F2N3. The molecule has 0 aromatic carbocycles. The molecule has 1 N–H and O–H groups in total. The highest BCUT2D eigenvalue weighted by molar-refractivity contribution is 5.27. The molecule has 3 nitrogen and oxygen atoms in total. The normalized spacial score (nSPS) is 13.4. The minimum absolute atomic E-state index is 0.266. The van der Waals surface area contributed by atoms with Gasteiger partial charge in [0.2, 0.25) is 0 Å². The first-order valence-corrected chi connectivity index (χ1v) is 6.19. The Bertz CT molecular complexity index is 382. The number of alkyl halides is 2. The van der Waals surface area contributed by atoms with Gasteiger partial charge in [-0.1, -0.05) is 13.8 Å². The van der Waals surface area contributed by atoms with Crippen molar-refractivity contribution in [2.45, 2.75) is 53.0 Å². The Morgan fingerprint density at radius 1 is 1.06 bits per heavy atom. The van der Waals surface area contributed by atoms with Crippen LogP contribution in [0.1, 0.15) is 55.5 Å². The van der Waals surface area contributed by atoms with E-state index in [0.717, 1.165) is 17.0 Å². The number of hydrogen-bond donors (Lipinski definition) is 1. The van der Waals surface area contributed by atoms with E-state index in [1.807, 2.05) is 13.8 Å². The maximum atomic E-state index is 12.1. The standard InChI is InChI=1S/C13H21F2N3/c1-7(2)12-8(3)17-13(18-9(12)4)10(5)16-6-11(14)15/h7,10-11,16H,6H2,1-5H3/t10-/m0/s1. The lowest BCUT2D eigenvalue weighted by molar-refractivity contribution is 0.141. The second kappa shape index (κ2) is 6.18. The van der Waals surface area contributed by atoms with E-state index in [4.69, 9.17) is 0 Å². The van der Waals surface area contributed by atoms with E-state index >= 15 is 0 Å². The largest absolute Gasteiger partial charge is 0.302 e. The maximum absolute atomic E-state index is 12.1. The smallest absolute Gasteiger partial charge is 0.250 e. The fourth-order valence-electron chi connectivity index (χ4n) is 2.14. The molecule has 0 spiro atoms. The van der Waals surface area contributed by atoms with Gasteiger partial charge in [-0.2, -0.15) is 0 Å². The zero-order valence-electron chi connectivity index (χ0n) is 11.6. The zero-order chi connectivity index (χ0) is 13.9. The summed E-state index contributed by atoms with van der Waals surface area (Å²) in [5.74, 6) is 0.943. The molecule has 0 saturated carbocycles. The minimum atomic E-state index is -2.36. The van der Waals surface area contributed by atoms with Crippen molar-refractivity contribution in [2.24, 2.45) is 0 Å². The fraction of sp³-hybridized carbons (Fsp3) is 0.692. The summed E-state index contributed by atoms with van der Waals surface area (Å²) in [6.07, 6.45) is -2.36. The van der Waals surface area contributed by atoms with Crippen LogP contribution in [0.15, 0.2) is 0 Å². The van der Waals surface area contributed by atoms with Crippen LogP contribution in [0, 0.1) is 13.8 Å². The Hall–Kier alpha value is -1.10. The van der Waals surface area contributed by atoms with Gasteiger partial charge in [-0.15, -0.1) is 0 Å². The summed E-state index contributed by atoms with van der Waals surface area (Å²) in [5, 5.41) is 2.73. The van der Waals surface area contributed by atoms with Crippen molar-refractivity contribution in [3.63, 3.8) is 0 Å². The van der Waals surface area contributed by atoms with Gasteiger partial charge < -0.3 is 5.32 Å². The number of aromatic nitrogens is 2. The molecule has 0 aliphatic carbocycles. The summed E-state index contributed by atoms with van der Waals surface area (Å²) in [5.41, 5.74) is 3.00. The van der Waals surface area contributed by atoms with Crippen molar-refractivity contribution >= 4 is 0 Å². The quantitative estimate of drug-likeness (QED) is 0.880. The average Bonchev–Trinajstić information content (AvgIpc) is 2.24. The topological polar surface area (TPSA) is 37.8 Å². The van der Waals surface area contributed by atoms with Gasteiger partial charge in [0.1, 0.15) is 5.82 Å². The third-order valence-corrected chi connectivity index (χ3v) is 2.89. The van der Waals surface area contributed by atoms with E-state index in [1.54, 1.807) is 6.92 Å². The van der Waals surface area contributed by atoms with Gasteiger partial charge in [0.05, 0.1) is 12.6 Å². The van der Waals surface area contributed by atoms with E-state index in [0.29, 0.717) is 11.7 Å². The molecule has 0 aliphatic rings. The number of nitrogens with one attached hydrogen (secondary N) is 1. The van der Waals surface area contributed by atoms with Crippen LogP contribution in [0.4, 0.5) is 8.78 Å². The Labute approximate surface area is 107 Å². The van der Waals surface area contributed by atoms with Gasteiger partial charge in [-0.3, -0.25) is 0 Å². The average molecular weight is 257 g/mol. The molecule has 0 unspecified atom stereocenters. The fourth-order valence-corrected chi connectivity index (χ4v) is 2.14. The van der Waals surface area contributed by atoms with Gasteiger partial charge in [-0.05, 0) is 32.3 Å². The van der Waals surface area contributed by atoms with Crippen molar-refractivity contribution in [1.29, 1.82) is 0 Å². The number of halogens is 2. The molecule has 0 amide bonds. The summed E-state index contributed by atoms with van der Waals surface area (Å²) in [7, 11) is 0. The van der Waals surface area contributed by atoms with Crippen molar-refractivity contribution in [3.8, 4) is 0 Å². The van der Waals surface area contributed by atoms with Crippen molar-refractivity contribution in [2.75, 3.05) is 6.54 Å². The Morgan fingerprint density at radius 2 is 1.56 bits per heavy atom. The van der Waals surface area contributed by atoms with Crippen LogP contribution in [-0.4, -0.2) is 22.9 Å². The molecule has 0 radical (unpaired) electrons. The monoisotopic (exact) mass is 257 g/mol. The maximum Gasteiger partial charge on any atom is 0.250 e. The first kappa shape index (κ1) is 15.0. The van der Waals surface area contributed by atoms with Crippen LogP contribution in [0.5, 0.6) is 0 Å². The van der Waals surface area contributed by atoms with Crippen LogP contribution in [0.2, 0.25) is 0 Å². The molecular weight excluding hydrogens is 236 g/mol. The predicted octanol–water partition coefficient (Wildman–Crippen LogP) is 3.13. The van der Waals surface area contributed by atoms with Crippen LogP contribution in [0.25, 0.3) is 0 Å². The zero-order valence-corrected chi connectivity index (χ0v) is 11.6. The van der Waals surface area contributed by atoms with Gasteiger partial charge in [0, 0.05) is 11.4 Å². The molecule has 1 heterocycles. The van der Waals surface area contributed by atoms with Crippen molar-refractivity contribution in [3.05, 3.63) is 22.8 Å². The van der Waals surface area contributed by atoms with Gasteiger partial charge in [-0.25, -0.2) is 18.7 Å². The first-order chi connectivity index (χ1) is 8.32. The number of hydrogen-bond acceptors (Lipinski definition) is 3. The molecule has 102 valence electrons. The summed E-state index contributed by atoms with van der Waals surface area (Å²) >= 11 is 0. The Morgan fingerprint density at radius 3 is 1.94 bits per heavy atom. The molecule has 0 saturated heterocycles. The Balaban J connectivity index is 2.92. The number of nitrogens with zero attached hydrogens (tertiary/aromatic N) is 2. The molecule has 0 aliphatic heterocycles. The first-order valence-electron chi connectivity index (χ1n) is 6.19. The number of aryl methyl sites for hydroxylation is 2. The summed E-state index contributed by atoms with van der Waals surface area (Å²) in [6, 6.07) is -0.266. The molecule has 0 fully saturated rings. The molecule has 18 heavy (non-hydrogen) atoms. The third-order valence-electron chi connectivity index (χ3n) is 2.89. The van der Waals surface area contributed by atoms with Gasteiger partial charge >= 0.3 is 0 Å². The second-order valence-corrected chi connectivity index (χ2v) is 4.84. The third kappa shape index (κ3) is 3.70. The highest BCUT2D eigenvalue weighted by Crippen LogP contribution is 2.22. The van der Waals surface area contributed by atoms with Crippen LogP contribution in [0.3, 0.4) is 0 Å². The van der Waals surface area contributed by atoms with E-state index in [2.05, 4.69) is 29.1 Å². The summed E-state index contributed by atoms with van der Waals surface area (Å²) in [6.45, 7) is 9.52. The van der Waals surface area contributed by atoms with Crippen LogP contribution < -0.4 is 5.32 Å². The lowest BCUT2D eigenvalue weighted by atomic mass is 10.00. The lowest BCUT2D eigenvalue weighted by Crippen LogP contribution is -2.26. The molecule has 1 aromatic rings. The Kier molecular flexibility index (Phi) is 5.14. The number of rotatable bonds is 5. The molecule has 1 rings (SSSR count). The van der Waals surface area contributed by atoms with Crippen molar-refractivity contribution in [1.82, 2.24) is 15.3 Å². The summed E-state index contributed by atoms with van der Waals surface area (Å²) in [4.78, 5) is 8.83. The highest BCUT2D eigenvalue weighted by atomic mass is 19.3. The molecule has 0 bridgehead atoms. The molecule has 1 aromatic heterocycles. The SMILES string of the molecule is Cc1nc([C@H](C)NCC(F)F)nc(C)c1C(C)C. The van der Waals surface area contributed by atoms with E-state index in [1.165, 1.54) is 0 Å². The van der Waals surface area contributed by atoms with Gasteiger partial charge in [0.25, 0.3) is 6.43 Å². The van der Waals surface area contributed by atoms with Gasteiger partial charge in [0.15, 0.2) is 0 Å². The predicted molar refractivity (Wildman–Crippen MR) is 68.0 cm³/mol. The van der Waals surface area contributed by atoms with E-state index in [9.17, 15) is 8.78 Å². The molecule has 1 atom stereocenters. The minimum Gasteiger partial charge on any atom is -0.302 e. The van der Waals surface area contributed by atoms with Crippen LogP contribution in [-0.2, 0) is 0 Å². The molecule has 5 heteroatoms. The summed E-state index contributed by atoms with van der Waals surface area (Å²) < 4.78 is 24.3. The van der Waals surface area contributed by atoms with E-state index in [-0.39, 0.29) is 12.6 Å². The highest BCUT2D eigenvalue weighted by Gasteiger charge is 2.16. The van der Waals surface area contributed by atoms with Crippen LogP contribution >= 0.6 is 0 Å². The lowest BCUT2D eigenvalue weighted by Gasteiger charge is -2.17.